The third kappa shape index (κ3) is 5.48. The number of nitrogens with zero attached hydrogens (tertiary/aromatic N) is 4. The molecular weight excluding hydrogens is 414 g/mol. The first kappa shape index (κ1) is 22.9. The van der Waals surface area contributed by atoms with E-state index in [0.29, 0.717) is 6.61 Å². The molecule has 0 spiro atoms. The van der Waals surface area contributed by atoms with Gasteiger partial charge in [0, 0.05) is 24.1 Å². The van der Waals surface area contributed by atoms with Crippen molar-refractivity contribution >= 4 is 34.2 Å². The van der Waals surface area contributed by atoms with Crippen molar-refractivity contribution < 1.29 is 14.3 Å². The van der Waals surface area contributed by atoms with E-state index in [1.54, 1.807) is 16.7 Å². The van der Waals surface area contributed by atoms with E-state index in [0.717, 1.165) is 22.3 Å². The zero-order chi connectivity index (χ0) is 22.4. The molecule has 0 radical (unpaired) electrons. The predicted octanol–water partition coefficient (Wildman–Crippen LogP) is 3.01. The number of aromatic nitrogens is 3. The summed E-state index contributed by atoms with van der Waals surface area (Å²) in [5, 5.41) is 13.3. The van der Waals surface area contributed by atoms with Crippen LogP contribution in [0.2, 0.25) is 0 Å². The number of methoxy groups -OCH3 is 1. The van der Waals surface area contributed by atoms with E-state index in [-0.39, 0.29) is 30.4 Å². The summed E-state index contributed by atoms with van der Waals surface area (Å²) in [7, 11) is 1.58. The summed E-state index contributed by atoms with van der Waals surface area (Å²) in [6.45, 7) is 6.54. The van der Waals surface area contributed by atoms with Gasteiger partial charge < -0.3 is 15.0 Å². The van der Waals surface area contributed by atoms with Gasteiger partial charge in [-0.1, -0.05) is 30.3 Å². The van der Waals surface area contributed by atoms with Crippen LogP contribution in [0.3, 0.4) is 0 Å². The van der Waals surface area contributed by atoms with Crippen LogP contribution in [0.4, 0.5) is 0 Å². The number of fused-ring (bicyclic) bond motifs is 1. The van der Waals surface area contributed by atoms with Crippen LogP contribution in [0.1, 0.15) is 38.1 Å². The number of amides is 2. The largest absolute Gasteiger partial charge is 0.383 e. The Hall–Kier alpha value is -2.78. The fraction of sp³-hybridized carbons (Fsp3) is 0.455. The maximum absolute atomic E-state index is 13.4. The molecule has 0 fully saturated rings. The molecule has 0 aliphatic carbocycles. The summed E-state index contributed by atoms with van der Waals surface area (Å²) in [5.41, 5.74) is 1.10. The zero-order valence-corrected chi connectivity index (χ0v) is 19.2. The Morgan fingerprint density at radius 1 is 1.26 bits per heavy atom. The van der Waals surface area contributed by atoms with E-state index >= 15 is 0 Å². The average Bonchev–Trinajstić information content (AvgIpc) is 3.41. The van der Waals surface area contributed by atoms with Gasteiger partial charge in [-0.25, -0.2) is 4.68 Å². The lowest BCUT2D eigenvalue weighted by molar-refractivity contribution is -0.142. The van der Waals surface area contributed by atoms with E-state index in [1.165, 1.54) is 11.3 Å². The van der Waals surface area contributed by atoms with Gasteiger partial charge in [-0.05, 0) is 43.8 Å². The number of benzene rings is 1. The zero-order valence-electron chi connectivity index (χ0n) is 18.4. The monoisotopic (exact) mass is 443 g/mol. The fourth-order valence-corrected chi connectivity index (χ4v) is 4.04. The smallest absolute Gasteiger partial charge is 0.248 e. The van der Waals surface area contributed by atoms with Gasteiger partial charge >= 0.3 is 0 Å². The van der Waals surface area contributed by atoms with Crippen molar-refractivity contribution in [3.63, 3.8) is 0 Å². The molecule has 31 heavy (non-hydrogen) atoms. The van der Waals surface area contributed by atoms with Crippen molar-refractivity contribution in [2.75, 3.05) is 20.3 Å². The first-order valence-corrected chi connectivity index (χ1v) is 11.2. The van der Waals surface area contributed by atoms with Crippen LogP contribution in [-0.2, 0) is 20.9 Å². The molecule has 1 unspecified atom stereocenters. The van der Waals surface area contributed by atoms with Gasteiger partial charge in [-0.3, -0.25) is 9.59 Å². The molecule has 0 aliphatic rings. The number of para-hydroxylation sites is 1. The summed E-state index contributed by atoms with van der Waals surface area (Å²) in [5.74, 6) is -0.433. The minimum atomic E-state index is -0.747. The van der Waals surface area contributed by atoms with E-state index < -0.39 is 6.04 Å². The van der Waals surface area contributed by atoms with Gasteiger partial charge in [-0.15, -0.1) is 16.4 Å². The van der Waals surface area contributed by atoms with Crippen molar-refractivity contribution in [2.24, 2.45) is 0 Å². The second-order valence-electron chi connectivity index (χ2n) is 7.96. The Labute approximate surface area is 186 Å². The van der Waals surface area contributed by atoms with Crippen LogP contribution in [0.25, 0.3) is 11.0 Å². The topological polar surface area (TPSA) is 89.4 Å². The number of thiophene rings is 1. The van der Waals surface area contributed by atoms with Gasteiger partial charge in [0.05, 0.1) is 12.1 Å². The highest BCUT2D eigenvalue weighted by molar-refractivity contribution is 7.10. The van der Waals surface area contributed by atoms with Crippen LogP contribution in [0, 0.1) is 0 Å². The Morgan fingerprint density at radius 2 is 2.03 bits per heavy atom. The summed E-state index contributed by atoms with van der Waals surface area (Å²) < 4.78 is 6.81. The molecule has 2 heterocycles. The minimum absolute atomic E-state index is 0.0173. The summed E-state index contributed by atoms with van der Waals surface area (Å²) in [4.78, 5) is 29.2. The maximum atomic E-state index is 13.4. The molecule has 0 bridgehead atoms. The van der Waals surface area contributed by atoms with Gasteiger partial charge in [0.1, 0.15) is 18.1 Å². The van der Waals surface area contributed by atoms with Gasteiger partial charge in [-0.2, -0.15) is 0 Å². The molecule has 8 nitrogen and oxygen atoms in total. The third-order valence-corrected chi connectivity index (χ3v) is 6.20. The van der Waals surface area contributed by atoms with Crippen LogP contribution >= 0.6 is 11.3 Å². The van der Waals surface area contributed by atoms with E-state index in [1.807, 2.05) is 62.5 Å². The lowest BCUT2D eigenvalue weighted by atomic mass is 10.0. The quantitative estimate of drug-likeness (QED) is 0.520. The molecule has 3 rings (SSSR count). The molecule has 2 aromatic heterocycles. The number of ether oxygens (including phenoxy) is 1. The first-order valence-electron chi connectivity index (χ1n) is 10.3. The number of nitrogens with one attached hydrogen (secondary N) is 1. The Balaban J connectivity index is 1.92. The Morgan fingerprint density at radius 3 is 2.71 bits per heavy atom. The number of hydrogen-bond acceptors (Lipinski definition) is 6. The predicted molar refractivity (Wildman–Crippen MR) is 121 cm³/mol. The van der Waals surface area contributed by atoms with Crippen molar-refractivity contribution in [1.29, 1.82) is 0 Å². The maximum Gasteiger partial charge on any atom is 0.248 e. The summed E-state index contributed by atoms with van der Waals surface area (Å²) in [6.07, 6.45) is 0.771. The van der Waals surface area contributed by atoms with E-state index in [2.05, 4.69) is 15.6 Å². The normalized spacial score (nSPS) is 12.6. The molecule has 166 valence electrons. The first-order chi connectivity index (χ1) is 14.9. The number of hydrogen-bond donors (Lipinski definition) is 1. The lowest BCUT2D eigenvalue weighted by Gasteiger charge is -2.33. The molecular formula is C22H29N5O3S. The van der Waals surface area contributed by atoms with E-state index in [4.69, 9.17) is 4.74 Å². The molecule has 1 aromatic carbocycles. The van der Waals surface area contributed by atoms with Crippen molar-refractivity contribution in [3.8, 4) is 0 Å². The molecule has 3 aromatic rings. The summed E-state index contributed by atoms with van der Waals surface area (Å²) in [6, 6.07) is 10.5. The highest BCUT2D eigenvalue weighted by atomic mass is 32.1. The molecule has 2 amide bonds. The van der Waals surface area contributed by atoms with Crippen LogP contribution in [-0.4, -0.2) is 57.5 Å². The second-order valence-corrected chi connectivity index (χ2v) is 8.94. The van der Waals surface area contributed by atoms with Crippen LogP contribution in [0.5, 0.6) is 0 Å². The minimum Gasteiger partial charge on any atom is -0.383 e. The van der Waals surface area contributed by atoms with Crippen molar-refractivity contribution in [2.45, 2.75) is 45.3 Å². The molecule has 0 saturated carbocycles. The third-order valence-electron chi connectivity index (χ3n) is 5.28. The Bertz CT molecular complexity index is 1020. The standard InChI is InChI=1S/C22H29N5O3S/c1-5-22(2,3)23-21(29)20(18-11-8-14-31-18)26(12-13-30-4)19(28)15-27-17-10-7-6-9-16(17)24-25-27/h6-11,14,20H,5,12-13,15H2,1-4H3,(H,23,29). The van der Waals surface area contributed by atoms with Gasteiger partial charge in [0.2, 0.25) is 11.8 Å². The highest BCUT2D eigenvalue weighted by Crippen LogP contribution is 2.27. The number of carbonyl (C=O) groups is 2. The van der Waals surface area contributed by atoms with Crippen molar-refractivity contribution in [3.05, 3.63) is 46.7 Å². The van der Waals surface area contributed by atoms with Crippen LogP contribution in [0.15, 0.2) is 41.8 Å². The van der Waals surface area contributed by atoms with Crippen LogP contribution < -0.4 is 5.32 Å². The average molecular weight is 444 g/mol. The molecule has 0 aliphatic heterocycles. The van der Waals surface area contributed by atoms with Crippen molar-refractivity contribution in [1.82, 2.24) is 25.2 Å². The second kappa shape index (κ2) is 10.0. The van der Waals surface area contributed by atoms with Gasteiger partial charge in [0.25, 0.3) is 0 Å². The Kier molecular flexibility index (Phi) is 7.40. The lowest BCUT2D eigenvalue weighted by Crippen LogP contribution is -2.51. The van der Waals surface area contributed by atoms with E-state index in [9.17, 15) is 9.59 Å². The molecule has 1 atom stereocenters. The molecule has 0 saturated heterocycles. The van der Waals surface area contributed by atoms with Gasteiger partial charge in [0.15, 0.2) is 0 Å². The molecule has 9 heteroatoms. The number of carbonyl (C=O) groups excluding carboxylic acids is 2. The highest BCUT2D eigenvalue weighted by Gasteiger charge is 2.34. The SMILES string of the molecule is CCC(C)(C)NC(=O)C(c1cccs1)N(CCOC)C(=O)Cn1nnc2ccccc21. The number of rotatable bonds is 10. The summed E-state index contributed by atoms with van der Waals surface area (Å²) >= 11 is 1.45. The molecule has 1 N–H and O–H groups in total. The fourth-order valence-electron chi connectivity index (χ4n) is 3.20.